The van der Waals surface area contributed by atoms with Crippen molar-refractivity contribution in [3.63, 3.8) is 0 Å². The Kier molecular flexibility index (Phi) is 6.03. The van der Waals surface area contributed by atoms with Gasteiger partial charge in [-0.15, -0.1) is 0 Å². The van der Waals surface area contributed by atoms with E-state index in [9.17, 15) is 9.59 Å². The van der Waals surface area contributed by atoms with Crippen LogP contribution in [0.5, 0.6) is 0 Å². The number of nitrogens with one attached hydrogen (secondary N) is 2. The van der Waals surface area contributed by atoms with Crippen molar-refractivity contribution in [3.8, 4) is 0 Å². The van der Waals surface area contributed by atoms with Gasteiger partial charge < -0.3 is 15.7 Å². The summed E-state index contributed by atoms with van der Waals surface area (Å²) in [5, 5.41) is 15.4. The van der Waals surface area contributed by atoms with Crippen molar-refractivity contribution in [3.05, 3.63) is 0 Å². The molecule has 3 N–H and O–H groups in total. The Morgan fingerprint density at radius 3 is 2.33 bits per heavy atom. The second-order valence-electron chi connectivity index (χ2n) is 6.70. The number of rotatable bonds is 5. The lowest BCUT2D eigenvalue weighted by molar-refractivity contribution is -0.143. The summed E-state index contributed by atoms with van der Waals surface area (Å²) >= 11 is 0. The average molecular weight is 296 g/mol. The Hall–Kier alpha value is -1.10. The van der Waals surface area contributed by atoms with Crippen LogP contribution < -0.4 is 10.6 Å². The molecule has 2 unspecified atom stereocenters. The first-order valence-electron chi connectivity index (χ1n) is 8.32. The molecule has 0 saturated heterocycles. The van der Waals surface area contributed by atoms with Gasteiger partial charge in [0.1, 0.15) is 0 Å². The summed E-state index contributed by atoms with van der Waals surface area (Å²) in [5.41, 5.74) is 0. The van der Waals surface area contributed by atoms with Gasteiger partial charge in [0.15, 0.2) is 0 Å². The molecule has 0 heterocycles. The minimum Gasteiger partial charge on any atom is -0.481 e. The van der Waals surface area contributed by atoms with Crippen LogP contribution in [0.25, 0.3) is 0 Å². The number of amides is 1. The lowest BCUT2D eigenvalue weighted by Gasteiger charge is -2.30. The molecule has 2 aliphatic rings. The first-order chi connectivity index (χ1) is 10.1. The molecule has 0 radical (unpaired) electrons. The average Bonchev–Trinajstić information content (AvgIpc) is 2.48. The van der Waals surface area contributed by atoms with Crippen LogP contribution in [0.3, 0.4) is 0 Å². The maximum absolute atomic E-state index is 12.0. The van der Waals surface area contributed by atoms with Gasteiger partial charge in [-0.1, -0.05) is 19.8 Å². The number of hydrogen-bond donors (Lipinski definition) is 3. The molecule has 2 atom stereocenters. The molecule has 5 heteroatoms. The molecule has 120 valence electrons. The summed E-state index contributed by atoms with van der Waals surface area (Å²) < 4.78 is 0. The highest BCUT2D eigenvalue weighted by atomic mass is 16.4. The number of carbonyl (C=O) groups is 2. The van der Waals surface area contributed by atoms with Gasteiger partial charge in [0.2, 0.25) is 5.91 Å². The van der Waals surface area contributed by atoms with Crippen molar-refractivity contribution < 1.29 is 14.7 Å². The maximum Gasteiger partial charge on any atom is 0.306 e. The van der Waals surface area contributed by atoms with Gasteiger partial charge in [-0.05, 0) is 44.4 Å². The molecule has 0 aromatic carbocycles. The zero-order valence-electron chi connectivity index (χ0n) is 12.9. The topological polar surface area (TPSA) is 78.4 Å². The van der Waals surface area contributed by atoms with Crippen LogP contribution in [0, 0.1) is 11.8 Å². The van der Waals surface area contributed by atoms with E-state index in [0.29, 0.717) is 31.3 Å². The zero-order valence-corrected chi connectivity index (χ0v) is 12.9. The summed E-state index contributed by atoms with van der Waals surface area (Å²) in [6.45, 7) is 2.57. The van der Waals surface area contributed by atoms with E-state index in [4.69, 9.17) is 5.11 Å². The fourth-order valence-electron chi connectivity index (χ4n) is 3.57. The van der Waals surface area contributed by atoms with Crippen LogP contribution in [-0.4, -0.2) is 35.6 Å². The normalized spacial score (nSPS) is 33.4. The summed E-state index contributed by atoms with van der Waals surface area (Å²) in [6.07, 6.45) is 7.92. The van der Waals surface area contributed by atoms with Crippen LogP contribution in [0.2, 0.25) is 0 Å². The quantitative estimate of drug-likeness (QED) is 0.724. The highest BCUT2D eigenvalue weighted by Crippen LogP contribution is 2.25. The fourth-order valence-corrected chi connectivity index (χ4v) is 3.57. The van der Waals surface area contributed by atoms with E-state index in [0.717, 1.165) is 19.3 Å². The molecular formula is C16H28N2O3. The number of carboxylic acids is 1. The molecular weight excluding hydrogens is 268 g/mol. The first kappa shape index (κ1) is 16.3. The second kappa shape index (κ2) is 7.78. The van der Waals surface area contributed by atoms with Crippen LogP contribution >= 0.6 is 0 Å². The number of hydrogen-bond acceptors (Lipinski definition) is 3. The van der Waals surface area contributed by atoms with E-state index in [-0.39, 0.29) is 17.9 Å². The smallest absolute Gasteiger partial charge is 0.306 e. The van der Waals surface area contributed by atoms with E-state index in [1.165, 1.54) is 19.3 Å². The zero-order chi connectivity index (χ0) is 15.2. The highest BCUT2D eigenvalue weighted by molar-refractivity contribution is 5.78. The summed E-state index contributed by atoms with van der Waals surface area (Å²) in [5.74, 6) is -0.222. The van der Waals surface area contributed by atoms with Crippen LogP contribution in [0.15, 0.2) is 0 Å². The highest BCUT2D eigenvalue weighted by Gasteiger charge is 2.26. The van der Waals surface area contributed by atoms with Gasteiger partial charge in [-0.3, -0.25) is 9.59 Å². The third-order valence-electron chi connectivity index (χ3n) is 5.09. The second-order valence-corrected chi connectivity index (χ2v) is 6.70. The molecule has 2 fully saturated rings. The van der Waals surface area contributed by atoms with Crippen molar-refractivity contribution >= 4 is 11.9 Å². The number of carbonyl (C=O) groups excluding carboxylic acids is 1. The lowest BCUT2D eigenvalue weighted by atomic mass is 9.85. The molecule has 21 heavy (non-hydrogen) atoms. The first-order valence-corrected chi connectivity index (χ1v) is 8.32. The van der Waals surface area contributed by atoms with Gasteiger partial charge in [-0.2, -0.15) is 0 Å². The Morgan fingerprint density at radius 2 is 1.71 bits per heavy atom. The fraction of sp³-hybridized carbons (Fsp3) is 0.875. The van der Waals surface area contributed by atoms with Gasteiger partial charge in [0.25, 0.3) is 0 Å². The van der Waals surface area contributed by atoms with E-state index in [1.54, 1.807) is 0 Å². The lowest BCUT2D eigenvalue weighted by Crippen LogP contribution is -2.47. The largest absolute Gasteiger partial charge is 0.481 e. The molecule has 0 aliphatic heterocycles. The molecule has 0 aromatic rings. The summed E-state index contributed by atoms with van der Waals surface area (Å²) in [6, 6.07) is 0.617. The molecule has 0 spiro atoms. The van der Waals surface area contributed by atoms with Gasteiger partial charge >= 0.3 is 5.97 Å². The molecule has 5 nitrogen and oxygen atoms in total. The molecule has 2 rings (SSSR count). The van der Waals surface area contributed by atoms with Crippen molar-refractivity contribution in [1.29, 1.82) is 0 Å². The number of carboxylic acid groups (broad SMARTS) is 1. The van der Waals surface area contributed by atoms with Gasteiger partial charge in [0, 0.05) is 12.1 Å². The van der Waals surface area contributed by atoms with E-state index < -0.39 is 5.97 Å². The Labute approximate surface area is 126 Å². The monoisotopic (exact) mass is 296 g/mol. The van der Waals surface area contributed by atoms with E-state index in [2.05, 4.69) is 17.6 Å². The Bertz CT molecular complexity index is 365. The SMILES string of the molecule is CC1CCCCC1NC(=O)CNC1CCC(C(=O)O)CC1. The number of aliphatic carboxylic acids is 1. The Balaban J connectivity index is 1.64. The van der Waals surface area contributed by atoms with Crippen LogP contribution in [-0.2, 0) is 9.59 Å². The van der Waals surface area contributed by atoms with Crippen LogP contribution in [0.4, 0.5) is 0 Å². The van der Waals surface area contributed by atoms with Crippen molar-refractivity contribution in [2.75, 3.05) is 6.54 Å². The molecule has 2 saturated carbocycles. The molecule has 1 amide bonds. The predicted molar refractivity (Wildman–Crippen MR) is 80.9 cm³/mol. The molecule has 2 aliphatic carbocycles. The molecule has 0 bridgehead atoms. The van der Waals surface area contributed by atoms with Gasteiger partial charge in [0.05, 0.1) is 12.5 Å². The Morgan fingerprint density at radius 1 is 1.05 bits per heavy atom. The third kappa shape index (κ3) is 4.99. The van der Waals surface area contributed by atoms with Gasteiger partial charge in [-0.25, -0.2) is 0 Å². The van der Waals surface area contributed by atoms with Crippen LogP contribution in [0.1, 0.15) is 58.3 Å². The van der Waals surface area contributed by atoms with Crippen molar-refractivity contribution in [2.24, 2.45) is 11.8 Å². The maximum atomic E-state index is 12.0. The van der Waals surface area contributed by atoms with E-state index >= 15 is 0 Å². The summed E-state index contributed by atoms with van der Waals surface area (Å²) in [7, 11) is 0. The van der Waals surface area contributed by atoms with Crippen molar-refractivity contribution in [1.82, 2.24) is 10.6 Å². The summed E-state index contributed by atoms with van der Waals surface area (Å²) in [4.78, 5) is 22.9. The minimum absolute atomic E-state index is 0.0779. The minimum atomic E-state index is -0.683. The van der Waals surface area contributed by atoms with Crippen molar-refractivity contribution in [2.45, 2.75) is 70.4 Å². The third-order valence-corrected chi connectivity index (χ3v) is 5.09. The predicted octanol–water partition coefficient (Wildman–Crippen LogP) is 1.91. The van der Waals surface area contributed by atoms with E-state index in [1.807, 2.05) is 0 Å². The molecule has 0 aromatic heterocycles. The standard InChI is InChI=1S/C16H28N2O3/c1-11-4-2-3-5-14(11)18-15(19)10-17-13-8-6-12(7-9-13)16(20)21/h11-14,17H,2-10H2,1H3,(H,18,19)(H,20,21).